The third kappa shape index (κ3) is 3.57. The van der Waals surface area contributed by atoms with Gasteiger partial charge >= 0.3 is 0 Å². The quantitative estimate of drug-likeness (QED) is 0.912. The first-order valence-electron chi connectivity index (χ1n) is 7.70. The van der Waals surface area contributed by atoms with Gasteiger partial charge in [-0.2, -0.15) is 0 Å². The maximum Gasteiger partial charge on any atom is 0.254 e. The molecule has 0 atom stereocenters. The Balaban J connectivity index is 1.40. The van der Waals surface area contributed by atoms with Crippen molar-refractivity contribution in [3.8, 4) is 0 Å². The number of hydrogen-bond donors (Lipinski definition) is 1. The molecule has 1 N–H and O–H groups in total. The summed E-state index contributed by atoms with van der Waals surface area (Å²) in [4.78, 5) is 18.5. The largest absolute Gasteiger partial charge is 0.472 e. The van der Waals surface area contributed by atoms with E-state index in [9.17, 15) is 4.79 Å². The van der Waals surface area contributed by atoms with Crippen molar-refractivity contribution in [2.24, 2.45) is 13.0 Å². The lowest BCUT2D eigenvalue weighted by Gasteiger charge is -2.31. The van der Waals surface area contributed by atoms with E-state index in [4.69, 9.17) is 4.42 Å². The number of rotatable bonds is 5. The Kier molecular flexibility index (Phi) is 4.58. The van der Waals surface area contributed by atoms with Gasteiger partial charge in [0.15, 0.2) is 0 Å². The van der Waals surface area contributed by atoms with E-state index >= 15 is 0 Å². The molecule has 1 aliphatic heterocycles. The van der Waals surface area contributed by atoms with Crippen molar-refractivity contribution < 1.29 is 9.21 Å². The van der Waals surface area contributed by atoms with Crippen molar-refractivity contribution in [1.29, 1.82) is 0 Å². The lowest BCUT2D eigenvalue weighted by molar-refractivity contribution is 0.0934. The van der Waals surface area contributed by atoms with Crippen molar-refractivity contribution in [2.75, 3.05) is 19.6 Å². The number of carbonyl (C=O) groups is 1. The number of imidazole rings is 1. The molecule has 3 rings (SSSR count). The summed E-state index contributed by atoms with van der Waals surface area (Å²) in [6, 6.07) is 1.69. The van der Waals surface area contributed by atoms with Crippen LogP contribution >= 0.6 is 0 Å². The molecule has 2 aromatic heterocycles. The van der Waals surface area contributed by atoms with E-state index in [2.05, 4.69) is 19.8 Å². The van der Waals surface area contributed by atoms with Gasteiger partial charge in [-0.1, -0.05) is 0 Å². The summed E-state index contributed by atoms with van der Waals surface area (Å²) < 4.78 is 6.99. The van der Waals surface area contributed by atoms with Gasteiger partial charge in [0.1, 0.15) is 6.26 Å². The zero-order valence-corrected chi connectivity index (χ0v) is 12.9. The first kappa shape index (κ1) is 14.8. The minimum absolute atomic E-state index is 0.0499. The first-order valence-corrected chi connectivity index (χ1v) is 7.70. The van der Waals surface area contributed by atoms with Crippen LogP contribution in [0.1, 0.15) is 28.9 Å². The number of aromatic nitrogens is 2. The van der Waals surface area contributed by atoms with Crippen LogP contribution in [0.5, 0.6) is 0 Å². The molecule has 22 heavy (non-hydrogen) atoms. The Morgan fingerprint density at radius 3 is 2.91 bits per heavy atom. The van der Waals surface area contributed by atoms with E-state index in [1.165, 1.54) is 18.2 Å². The van der Waals surface area contributed by atoms with Crippen molar-refractivity contribution in [3.05, 3.63) is 42.4 Å². The summed E-state index contributed by atoms with van der Waals surface area (Å²) in [5, 5.41) is 2.99. The Labute approximate surface area is 130 Å². The predicted octanol–water partition coefficient (Wildman–Crippen LogP) is 1.66. The maximum absolute atomic E-state index is 11.9. The zero-order valence-electron chi connectivity index (χ0n) is 12.9. The number of likely N-dealkylation sites (tertiary alicyclic amines) is 1. The molecule has 6 heteroatoms. The molecule has 1 saturated heterocycles. The molecule has 0 aliphatic carbocycles. The second kappa shape index (κ2) is 6.79. The van der Waals surface area contributed by atoms with E-state index in [-0.39, 0.29) is 5.91 Å². The minimum Gasteiger partial charge on any atom is -0.472 e. The Morgan fingerprint density at radius 1 is 1.45 bits per heavy atom. The summed E-state index contributed by atoms with van der Waals surface area (Å²) in [5.41, 5.74) is 1.83. The standard InChI is InChI=1S/C16H22N4O2/c1-19-12-17-9-15(19)10-20-5-2-13(3-6-20)8-18-16(21)14-4-7-22-11-14/h4,7,9,11-13H,2-3,5-6,8,10H2,1H3,(H,18,21). The highest BCUT2D eigenvalue weighted by Crippen LogP contribution is 2.18. The molecule has 118 valence electrons. The summed E-state index contributed by atoms with van der Waals surface area (Å²) in [7, 11) is 2.03. The van der Waals surface area contributed by atoms with E-state index in [0.29, 0.717) is 11.5 Å². The zero-order chi connectivity index (χ0) is 15.4. The minimum atomic E-state index is -0.0499. The van der Waals surface area contributed by atoms with Gasteiger partial charge in [0.2, 0.25) is 0 Å². The molecular formula is C16H22N4O2. The second-order valence-corrected chi connectivity index (χ2v) is 5.94. The molecule has 1 fully saturated rings. The van der Waals surface area contributed by atoms with Gasteiger partial charge in [-0.15, -0.1) is 0 Å². The number of hydrogen-bond acceptors (Lipinski definition) is 4. The molecule has 0 aromatic carbocycles. The third-order valence-corrected chi connectivity index (χ3v) is 4.34. The molecule has 2 aromatic rings. The van der Waals surface area contributed by atoms with Crippen LogP contribution in [0.3, 0.4) is 0 Å². The van der Waals surface area contributed by atoms with Crippen LogP contribution in [0.2, 0.25) is 0 Å². The molecule has 1 amide bonds. The summed E-state index contributed by atoms with van der Waals surface area (Å²) >= 11 is 0. The average molecular weight is 302 g/mol. The maximum atomic E-state index is 11.9. The third-order valence-electron chi connectivity index (χ3n) is 4.34. The van der Waals surface area contributed by atoms with Crippen molar-refractivity contribution >= 4 is 5.91 Å². The number of nitrogens with one attached hydrogen (secondary N) is 1. The fourth-order valence-corrected chi connectivity index (χ4v) is 2.85. The van der Waals surface area contributed by atoms with E-state index in [0.717, 1.165) is 39.0 Å². The first-order chi connectivity index (χ1) is 10.7. The number of piperidine rings is 1. The number of aryl methyl sites for hydroxylation is 1. The highest BCUT2D eigenvalue weighted by atomic mass is 16.3. The molecule has 0 radical (unpaired) electrons. The smallest absolute Gasteiger partial charge is 0.254 e. The van der Waals surface area contributed by atoms with Gasteiger partial charge in [-0.3, -0.25) is 9.69 Å². The van der Waals surface area contributed by atoms with Crippen LogP contribution in [0, 0.1) is 5.92 Å². The van der Waals surface area contributed by atoms with Gasteiger partial charge in [-0.05, 0) is 37.9 Å². The van der Waals surface area contributed by atoms with Crippen LogP contribution < -0.4 is 5.32 Å². The van der Waals surface area contributed by atoms with E-state index in [1.54, 1.807) is 6.07 Å². The van der Waals surface area contributed by atoms with Gasteiger partial charge in [0, 0.05) is 26.3 Å². The van der Waals surface area contributed by atoms with Gasteiger partial charge < -0.3 is 14.3 Å². The summed E-state index contributed by atoms with van der Waals surface area (Å²) in [5.74, 6) is 0.504. The monoisotopic (exact) mass is 302 g/mol. The van der Waals surface area contributed by atoms with Crippen molar-refractivity contribution in [3.63, 3.8) is 0 Å². The number of carbonyl (C=O) groups excluding carboxylic acids is 1. The van der Waals surface area contributed by atoms with Gasteiger partial charge in [0.05, 0.1) is 23.8 Å². The Hall–Kier alpha value is -2.08. The lowest BCUT2D eigenvalue weighted by Crippen LogP contribution is -2.38. The predicted molar refractivity (Wildman–Crippen MR) is 82.3 cm³/mol. The molecule has 0 unspecified atom stereocenters. The van der Waals surface area contributed by atoms with Gasteiger partial charge in [-0.25, -0.2) is 4.98 Å². The molecule has 0 spiro atoms. The molecular weight excluding hydrogens is 280 g/mol. The highest BCUT2D eigenvalue weighted by molar-refractivity contribution is 5.93. The van der Waals surface area contributed by atoms with E-state index < -0.39 is 0 Å². The molecule has 0 saturated carbocycles. The fourth-order valence-electron chi connectivity index (χ4n) is 2.85. The SMILES string of the molecule is Cn1cncc1CN1CCC(CNC(=O)c2ccoc2)CC1. The number of nitrogens with zero attached hydrogens (tertiary/aromatic N) is 3. The van der Waals surface area contributed by atoms with Crippen LogP contribution in [0.4, 0.5) is 0 Å². The molecule has 0 bridgehead atoms. The van der Waals surface area contributed by atoms with Crippen LogP contribution in [0.15, 0.2) is 35.5 Å². The van der Waals surface area contributed by atoms with Crippen LogP contribution in [-0.2, 0) is 13.6 Å². The average Bonchev–Trinajstić information content (AvgIpc) is 3.19. The van der Waals surface area contributed by atoms with Crippen LogP contribution in [0.25, 0.3) is 0 Å². The number of amides is 1. The Morgan fingerprint density at radius 2 is 2.27 bits per heavy atom. The van der Waals surface area contributed by atoms with Crippen molar-refractivity contribution in [1.82, 2.24) is 19.8 Å². The second-order valence-electron chi connectivity index (χ2n) is 5.94. The van der Waals surface area contributed by atoms with Gasteiger partial charge in [0.25, 0.3) is 5.91 Å². The normalized spacial score (nSPS) is 16.8. The Bertz CT molecular complexity index is 597. The topological polar surface area (TPSA) is 63.3 Å². The van der Waals surface area contributed by atoms with Crippen molar-refractivity contribution in [2.45, 2.75) is 19.4 Å². The fraction of sp³-hybridized carbons (Fsp3) is 0.500. The molecule has 1 aliphatic rings. The van der Waals surface area contributed by atoms with Crippen LogP contribution in [-0.4, -0.2) is 40.0 Å². The highest BCUT2D eigenvalue weighted by Gasteiger charge is 2.20. The summed E-state index contributed by atoms with van der Waals surface area (Å²) in [6.07, 6.45) is 9.00. The summed E-state index contributed by atoms with van der Waals surface area (Å²) in [6.45, 7) is 3.82. The lowest BCUT2D eigenvalue weighted by atomic mass is 9.96. The number of furan rings is 1. The molecule has 6 nitrogen and oxygen atoms in total. The van der Waals surface area contributed by atoms with E-state index in [1.807, 2.05) is 19.6 Å². The molecule has 3 heterocycles.